The van der Waals surface area contributed by atoms with Crippen LogP contribution in [0.4, 0.5) is 4.39 Å². The SMILES string of the molecule is CCN(Cc1ccc(OC)c(F)c1)C(=O)COc1ccccc1-c1ccccc1. The Morgan fingerprint density at radius 2 is 1.69 bits per heavy atom. The number of carbonyl (C=O) groups is 1. The van der Waals surface area contributed by atoms with E-state index in [0.717, 1.165) is 11.1 Å². The topological polar surface area (TPSA) is 38.8 Å². The molecule has 0 aliphatic heterocycles. The van der Waals surface area contributed by atoms with E-state index in [1.54, 1.807) is 17.0 Å². The summed E-state index contributed by atoms with van der Waals surface area (Å²) >= 11 is 0. The lowest BCUT2D eigenvalue weighted by atomic mass is 10.1. The molecule has 0 N–H and O–H groups in total. The van der Waals surface area contributed by atoms with Gasteiger partial charge in [-0.05, 0) is 36.2 Å². The zero-order valence-electron chi connectivity index (χ0n) is 16.6. The highest BCUT2D eigenvalue weighted by atomic mass is 19.1. The molecule has 0 radical (unpaired) electrons. The molecule has 4 nitrogen and oxygen atoms in total. The minimum Gasteiger partial charge on any atom is -0.494 e. The molecule has 0 fully saturated rings. The number of nitrogens with zero attached hydrogens (tertiary/aromatic N) is 1. The Morgan fingerprint density at radius 1 is 0.966 bits per heavy atom. The van der Waals surface area contributed by atoms with Gasteiger partial charge in [0.25, 0.3) is 5.91 Å². The molecule has 0 bridgehead atoms. The van der Waals surface area contributed by atoms with E-state index in [-0.39, 0.29) is 18.3 Å². The van der Waals surface area contributed by atoms with E-state index in [2.05, 4.69) is 0 Å². The monoisotopic (exact) mass is 393 g/mol. The molecule has 0 saturated carbocycles. The third kappa shape index (κ3) is 5.13. The Bertz CT molecular complexity index is 959. The van der Waals surface area contributed by atoms with Gasteiger partial charge in [-0.1, -0.05) is 54.6 Å². The van der Waals surface area contributed by atoms with Gasteiger partial charge in [-0.3, -0.25) is 4.79 Å². The predicted octanol–water partition coefficient (Wildman–Crippen LogP) is 4.93. The third-order valence-electron chi connectivity index (χ3n) is 4.65. The third-order valence-corrected chi connectivity index (χ3v) is 4.65. The maximum Gasteiger partial charge on any atom is 0.260 e. The van der Waals surface area contributed by atoms with Crippen molar-refractivity contribution in [1.29, 1.82) is 0 Å². The summed E-state index contributed by atoms with van der Waals surface area (Å²) in [4.78, 5) is 14.3. The highest BCUT2D eigenvalue weighted by molar-refractivity contribution is 5.78. The van der Waals surface area contributed by atoms with Crippen LogP contribution in [-0.4, -0.2) is 31.1 Å². The van der Waals surface area contributed by atoms with Crippen LogP contribution in [0, 0.1) is 5.82 Å². The van der Waals surface area contributed by atoms with Crippen molar-refractivity contribution in [2.75, 3.05) is 20.3 Å². The lowest BCUT2D eigenvalue weighted by Crippen LogP contribution is -2.34. The highest BCUT2D eigenvalue weighted by Crippen LogP contribution is 2.29. The van der Waals surface area contributed by atoms with E-state index >= 15 is 0 Å². The number of rotatable bonds is 8. The Hall–Kier alpha value is -3.34. The van der Waals surface area contributed by atoms with E-state index < -0.39 is 5.82 Å². The summed E-state index contributed by atoms with van der Waals surface area (Å²) in [6, 6.07) is 22.2. The fraction of sp³-hybridized carbons (Fsp3) is 0.208. The Morgan fingerprint density at radius 3 is 2.38 bits per heavy atom. The summed E-state index contributed by atoms with van der Waals surface area (Å²) in [6.45, 7) is 2.60. The van der Waals surface area contributed by atoms with Crippen molar-refractivity contribution in [2.24, 2.45) is 0 Å². The van der Waals surface area contributed by atoms with Gasteiger partial charge in [0, 0.05) is 18.7 Å². The second-order valence-corrected chi connectivity index (χ2v) is 6.53. The van der Waals surface area contributed by atoms with Crippen molar-refractivity contribution in [2.45, 2.75) is 13.5 Å². The average Bonchev–Trinajstić information content (AvgIpc) is 2.76. The summed E-state index contributed by atoms with van der Waals surface area (Å²) < 4.78 is 24.7. The summed E-state index contributed by atoms with van der Waals surface area (Å²) in [5, 5.41) is 0. The molecule has 5 heteroatoms. The second-order valence-electron chi connectivity index (χ2n) is 6.53. The summed E-state index contributed by atoms with van der Waals surface area (Å²) in [7, 11) is 1.42. The standard InChI is InChI=1S/C24H24FNO3/c1-3-26(16-18-13-14-23(28-2)21(25)15-18)24(27)17-29-22-12-8-7-11-20(22)19-9-5-4-6-10-19/h4-15H,3,16-17H2,1-2H3. The fourth-order valence-corrected chi connectivity index (χ4v) is 3.08. The first-order chi connectivity index (χ1) is 14.1. The first kappa shape index (κ1) is 20.4. The normalized spacial score (nSPS) is 10.4. The molecular weight excluding hydrogens is 369 g/mol. The molecule has 150 valence electrons. The van der Waals surface area contributed by atoms with Gasteiger partial charge in [-0.15, -0.1) is 0 Å². The zero-order chi connectivity index (χ0) is 20.6. The Kier molecular flexibility index (Phi) is 6.85. The van der Waals surface area contributed by atoms with Gasteiger partial charge in [-0.25, -0.2) is 4.39 Å². The molecule has 0 aromatic heterocycles. The minimum atomic E-state index is -0.443. The molecule has 0 spiro atoms. The van der Waals surface area contributed by atoms with Crippen molar-refractivity contribution in [1.82, 2.24) is 4.90 Å². The first-order valence-corrected chi connectivity index (χ1v) is 9.49. The molecule has 0 aliphatic rings. The lowest BCUT2D eigenvalue weighted by Gasteiger charge is -2.22. The van der Waals surface area contributed by atoms with Crippen molar-refractivity contribution in [3.05, 3.63) is 84.2 Å². The number of likely N-dealkylation sites (N-methyl/N-ethyl adjacent to an activating group) is 1. The molecule has 29 heavy (non-hydrogen) atoms. The Balaban J connectivity index is 1.67. The number of hydrogen-bond donors (Lipinski definition) is 0. The number of para-hydroxylation sites is 1. The van der Waals surface area contributed by atoms with Crippen molar-refractivity contribution >= 4 is 5.91 Å². The smallest absolute Gasteiger partial charge is 0.260 e. The van der Waals surface area contributed by atoms with Crippen LogP contribution in [0.2, 0.25) is 0 Å². The van der Waals surface area contributed by atoms with Crippen molar-refractivity contribution in [3.8, 4) is 22.6 Å². The van der Waals surface area contributed by atoms with Crippen LogP contribution in [0.15, 0.2) is 72.8 Å². The van der Waals surface area contributed by atoms with E-state index in [9.17, 15) is 9.18 Å². The highest BCUT2D eigenvalue weighted by Gasteiger charge is 2.15. The first-order valence-electron chi connectivity index (χ1n) is 9.49. The largest absolute Gasteiger partial charge is 0.494 e. The van der Waals surface area contributed by atoms with Crippen LogP contribution in [0.5, 0.6) is 11.5 Å². The zero-order valence-corrected chi connectivity index (χ0v) is 16.6. The summed E-state index contributed by atoms with van der Waals surface area (Å²) in [6.07, 6.45) is 0. The number of carbonyl (C=O) groups excluding carboxylic acids is 1. The van der Waals surface area contributed by atoms with Crippen LogP contribution in [0.3, 0.4) is 0 Å². The van der Waals surface area contributed by atoms with E-state index in [0.29, 0.717) is 24.4 Å². The lowest BCUT2D eigenvalue weighted by molar-refractivity contribution is -0.133. The van der Waals surface area contributed by atoms with E-state index in [1.807, 2.05) is 61.5 Å². The quantitative estimate of drug-likeness (QED) is 0.545. The number of methoxy groups -OCH3 is 1. The minimum absolute atomic E-state index is 0.0870. The molecule has 0 saturated heterocycles. The van der Waals surface area contributed by atoms with Gasteiger partial charge >= 0.3 is 0 Å². The maximum absolute atomic E-state index is 13.9. The van der Waals surface area contributed by atoms with E-state index in [1.165, 1.54) is 13.2 Å². The molecule has 3 aromatic rings. The van der Waals surface area contributed by atoms with Crippen molar-refractivity contribution < 1.29 is 18.7 Å². The van der Waals surface area contributed by atoms with Gasteiger partial charge in [-0.2, -0.15) is 0 Å². The molecule has 3 aromatic carbocycles. The molecule has 0 unspecified atom stereocenters. The van der Waals surface area contributed by atoms with E-state index in [4.69, 9.17) is 9.47 Å². The molecule has 1 amide bonds. The van der Waals surface area contributed by atoms with Gasteiger partial charge in [0.1, 0.15) is 5.75 Å². The van der Waals surface area contributed by atoms with Crippen LogP contribution in [0.25, 0.3) is 11.1 Å². The Labute approximate surface area is 170 Å². The average molecular weight is 393 g/mol. The molecule has 0 atom stereocenters. The number of benzene rings is 3. The van der Waals surface area contributed by atoms with Crippen LogP contribution >= 0.6 is 0 Å². The second kappa shape index (κ2) is 9.73. The number of hydrogen-bond acceptors (Lipinski definition) is 3. The fourth-order valence-electron chi connectivity index (χ4n) is 3.08. The molecule has 0 aliphatic carbocycles. The number of ether oxygens (including phenoxy) is 2. The van der Waals surface area contributed by atoms with Crippen LogP contribution < -0.4 is 9.47 Å². The van der Waals surface area contributed by atoms with Gasteiger partial charge in [0.15, 0.2) is 18.2 Å². The predicted molar refractivity (Wildman–Crippen MR) is 111 cm³/mol. The molecular formula is C24H24FNO3. The van der Waals surface area contributed by atoms with Gasteiger partial charge in [0.05, 0.1) is 7.11 Å². The summed E-state index contributed by atoms with van der Waals surface area (Å²) in [5.74, 6) is 0.232. The maximum atomic E-state index is 13.9. The van der Waals surface area contributed by atoms with Crippen molar-refractivity contribution in [3.63, 3.8) is 0 Å². The summed E-state index contributed by atoms with van der Waals surface area (Å²) in [5.41, 5.74) is 2.65. The molecule has 0 heterocycles. The van der Waals surface area contributed by atoms with Gasteiger partial charge < -0.3 is 14.4 Å². The van der Waals surface area contributed by atoms with Crippen LogP contribution in [0.1, 0.15) is 12.5 Å². The number of halogens is 1. The van der Waals surface area contributed by atoms with Crippen LogP contribution in [-0.2, 0) is 11.3 Å². The van der Waals surface area contributed by atoms with Gasteiger partial charge in [0.2, 0.25) is 0 Å². The molecule has 3 rings (SSSR count). The number of amides is 1.